The lowest BCUT2D eigenvalue weighted by Gasteiger charge is -2.10. The van der Waals surface area contributed by atoms with Crippen molar-refractivity contribution < 1.29 is 14.4 Å². The average Bonchev–Trinajstić information content (AvgIpc) is 2.33. The van der Waals surface area contributed by atoms with E-state index in [1.165, 1.54) is 19.2 Å². The number of nitrogens with two attached hydrogens (primary N) is 1. The molecule has 0 aromatic rings. The predicted octanol–water partition coefficient (Wildman–Crippen LogP) is -0.216. The number of urea groups is 1. The summed E-state index contributed by atoms with van der Waals surface area (Å²) in [5, 5.41) is 0.825. The molecular formula is C6H8N2O3. The molecule has 1 rings (SSSR count). The lowest BCUT2D eigenvalue weighted by molar-refractivity contribution is -0.140. The third kappa shape index (κ3) is 1.56. The van der Waals surface area contributed by atoms with E-state index in [9.17, 15) is 9.59 Å². The zero-order valence-electron chi connectivity index (χ0n) is 5.98. The van der Waals surface area contributed by atoms with Crippen LogP contribution in [0.3, 0.4) is 0 Å². The first-order valence-corrected chi connectivity index (χ1v) is 3.05. The lowest BCUT2D eigenvalue weighted by atomic mass is 10.3. The van der Waals surface area contributed by atoms with Gasteiger partial charge in [0, 0.05) is 6.20 Å². The van der Waals surface area contributed by atoms with E-state index in [1.54, 1.807) is 0 Å². The molecular weight excluding hydrogens is 148 g/mol. The Hall–Kier alpha value is -1.36. The van der Waals surface area contributed by atoms with Gasteiger partial charge < -0.3 is 5.73 Å². The molecule has 0 saturated heterocycles. The summed E-state index contributed by atoms with van der Waals surface area (Å²) in [6.45, 7) is 1.37. The molecule has 0 aliphatic carbocycles. The highest BCUT2D eigenvalue weighted by molar-refractivity contribution is 5.83. The first-order valence-electron chi connectivity index (χ1n) is 3.05. The second-order valence-corrected chi connectivity index (χ2v) is 2.14. The Morgan fingerprint density at radius 3 is 2.55 bits per heavy atom. The highest BCUT2D eigenvalue weighted by Gasteiger charge is 2.23. The van der Waals surface area contributed by atoms with E-state index in [4.69, 9.17) is 10.6 Å². The number of hydrogen-bond acceptors (Lipinski definition) is 3. The first kappa shape index (κ1) is 7.74. The second-order valence-electron chi connectivity index (χ2n) is 2.14. The van der Waals surface area contributed by atoms with Crippen LogP contribution < -0.4 is 5.73 Å². The van der Waals surface area contributed by atoms with Gasteiger partial charge in [0.2, 0.25) is 0 Å². The summed E-state index contributed by atoms with van der Waals surface area (Å²) < 4.78 is 0. The minimum atomic E-state index is -0.731. The molecule has 1 aliphatic heterocycles. The normalized spacial score (nSPS) is 22.3. The minimum Gasteiger partial charge on any atom is -0.349 e. The number of hydroxylamine groups is 2. The molecule has 1 heterocycles. The second kappa shape index (κ2) is 2.71. The van der Waals surface area contributed by atoms with Gasteiger partial charge in [0.1, 0.15) is 0 Å². The predicted molar refractivity (Wildman–Crippen MR) is 36.1 cm³/mol. The maximum Gasteiger partial charge on any atom is 0.342 e. The fourth-order valence-corrected chi connectivity index (χ4v) is 0.684. The number of Topliss-reactive ketones (excluding diaryl/α,β-unsaturated/α-hetero) is 1. The number of primary amides is 1. The first-order chi connectivity index (χ1) is 5.11. The number of carbonyl (C=O) groups excluding carboxylic acids is 2. The van der Waals surface area contributed by atoms with Crippen LogP contribution in [0.1, 0.15) is 6.92 Å². The van der Waals surface area contributed by atoms with Crippen LogP contribution in [0.15, 0.2) is 12.3 Å². The highest BCUT2D eigenvalue weighted by atomic mass is 16.7. The Morgan fingerprint density at radius 1 is 1.64 bits per heavy atom. The summed E-state index contributed by atoms with van der Waals surface area (Å²) in [5.74, 6) is -0.162. The number of carbonyl (C=O) groups is 2. The third-order valence-electron chi connectivity index (χ3n) is 1.24. The molecule has 5 nitrogen and oxygen atoms in total. The minimum absolute atomic E-state index is 0.162. The Kier molecular flexibility index (Phi) is 1.91. The summed E-state index contributed by atoms with van der Waals surface area (Å²) in [6.07, 6.45) is 2.13. The van der Waals surface area contributed by atoms with Crippen molar-refractivity contribution in [3.8, 4) is 0 Å². The summed E-state index contributed by atoms with van der Waals surface area (Å²) in [7, 11) is 0. The fraction of sp³-hybridized carbons (Fsp3) is 0.333. The van der Waals surface area contributed by atoms with E-state index in [0.717, 1.165) is 5.06 Å². The van der Waals surface area contributed by atoms with Crippen LogP contribution in [-0.2, 0) is 9.63 Å². The monoisotopic (exact) mass is 156 g/mol. The molecule has 0 aromatic carbocycles. The summed E-state index contributed by atoms with van der Waals surface area (Å²) in [6, 6.07) is -0.731. The molecule has 0 aromatic heterocycles. The molecule has 60 valence electrons. The maximum atomic E-state index is 10.7. The van der Waals surface area contributed by atoms with Crippen LogP contribution in [0.25, 0.3) is 0 Å². The Balaban J connectivity index is 2.56. The van der Waals surface area contributed by atoms with Crippen molar-refractivity contribution in [2.75, 3.05) is 0 Å². The van der Waals surface area contributed by atoms with Crippen molar-refractivity contribution in [2.45, 2.75) is 13.0 Å². The summed E-state index contributed by atoms with van der Waals surface area (Å²) >= 11 is 0. The quantitative estimate of drug-likeness (QED) is 0.570. The van der Waals surface area contributed by atoms with Crippen LogP contribution in [0.2, 0.25) is 0 Å². The van der Waals surface area contributed by atoms with Gasteiger partial charge in [-0.15, -0.1) is 0 Å². The van der Waals surface area contributed by atoms with Crippen LogP contribution in [-0.4, -0.2) is 23.0 Å². The molecule has 1 unspecified atom stereocenters. The van der Waals surface area contributed by atoms with Crippen LogP contribution >= 0.6 is 0 Å². The smallest absolute Gasteiger partial charge is 0.342 e. The Labute approximate surface area is 63.4 Å². The number of hydrogen-bond donors (Lipinski definition) is 1. The number of amides is 2. The van der Waals surface area contributed by atoms with Crippen molar-refractivity contribution in [2.24, 2.45) is 5.73 Å². The lowest BCUT2D eigenvalue weighted by Crippen LogP contribution is -2.32. The fourth-order valence-electron chi connectivity index (χ4n) is 0.684. The van der Waals surface area contributed by atoms with Crippen molar-refractivity contribution in [3.05, 3.63) is 12.3 Å². The van der Waals surface area contributed by atoms with Gasteiger partial charge >= 0.3 is 6.03 Å². The van der Waals surface area contributed by atoms with Gasteiger partial charge in [-0.05, 0) is 13.0 Å². The van der Waals surface area contributed by atoms with Crippen LogP contribution in [0.5, 0.6) is 0 Å². The van der Waals surface area contributed by atoms with Crippen LogP contribution in [0, 0.1) is 0 Å². The van der Waals surface area contributed by atoms with Gasteiger partial charge in [-0.25, -0.2) is 9.63 Å². The third-order valence-corrected chi connectivity index (χ3v) is 1.24. The number of ketones is 1. The van der Waals surface area contributed by atoms with Gasteiger partial charge in [0.25, 0.3) is 0 Å². The molecule has 0 fully saturated rings. The molecule has 1 aliphatic rings. The van der Waals surface area contributed by atoms with Crippen molar-refractivity contribution in [1.82, 2.24) is 5.06 Å². The molecule has 11 heavy (non-hydrogen) atoms. The zero-order chi connectivity index (χ0) is 8.43. The standard InChI is InChI=1S/C6H8N2O3/c1-4(9)5-2-3-8(11-5)6(7)10/h2-3,5H,1H3,(H2,7,10). The Morgan fingerprint density at radius 2 is 2.27 bits per heavy atom. The zero-order valence-corrected chi connectivity index (χ0v) is 5.98. The molecule has 2 N–H and O–H groups in total. The van der Waals surface area contributed by atoms with E-state index in [0.29, 0.717) is 0 Å². The molecule has 0 radical (unpaired) electrons. The number of nitrogens with zero attached hydrogens (tertiary/aromatic N) is 1. The van der Waals surface area contributed by atoms with Crippen molar-refractivity contribution in [1.29, 1.82) is 0 Å². The summed E-state index contributed by atoms with van der Waals surface area (Å²) in [4.78, 5) is 25.9. The van der Waals surface area contributed by atoms with Gasteiger partial charge in [-0.1, -0.05) is 0 Å². The molecule has 0 spiro atoms. The van der Waals surface area contributed by atoms with Crippen molar-refractivity contribution >= 4 is 11.8 Å². The Bertz CT molecular complexity index is 202. The average molecular weight is 156 g/mol. The van der Waals surface area contributed by atoms with E-state index >= 15 is 0 Å². The van der Waals surface area contributed by atoms with E-state index < -0.39 is 12.1 Å². The topological polar surface area (TPSA) is 72.6 Å². The highest BCUT2D eigenvalue weighted by Crippen LogP contribution is 2.09. The number of rotatable bonds is 1. The van der Waals surface area contributed by atoms with Crippen molar-refractivity contribution in [3.63, 3.8) is 0 Å². The molecule has 0 saturated carbocycles. The largest absolute Gasteiger partial charge is 0.349 e. The molecule has 1 atom stereocenters. The van der Waals surface area contributed by atoms with Gasteiger partial charge in [-0.2, -0.15) is 5.06 Å². The van der Waals surface area contributed by atoms with Crippen LogP contribution in [0.4, 0.5) is 4.79 Å². The van der Waals surface area contributed by atoms with E-state index in [1.807, 2.05) is 0 Å². The molecule has 0 bridgehead atoms. The molecule has 2 amide bonds. The summed E-state index contributed by atoms with van der Waals surface area (Å²) in [5.41, 5.74) is 4.86. The van der Waals surface area contributed by atoms with Gasteiger partial charge in [0.15, 0.2) is 11.9 Å². The van der Waals surface area contributed by atoms with E-state index in [2.05, 4.69) is 0 Å². The van der Waals surface area contributed by atoms with Gasteiger partial charge in [0.05, 0.1) is 0 Å². The maximum absolute atomic E-state index is 10.7. The molecule has 5 heteroatoms. The van der Waals surface area contributed by atoms with Gasteiger partial charge in [-0.3, -0.25) is 4.79 Å². The SMILES string of the molecule is CC(=O)C1C=CN(C(N)=O)O1. The van der Waals surface area contributed by atoms with E-state index in [-0.39, 0.29) is 5.78 Å².